The number of hydrogen-bond donors (Lipinski definition) is 1. The normalized spacial score (nSPS) is 10.0. The predicted octanol–water partition coefficient (Wildman–Crippen LogP) is 3.72. The van der Waals surface area contributed by atoms with E-state index in [1.807, 2.05) is 49.4 Å². The molecule has 0 saturated heterocycles. The molecule has 0 heterocycles. The van der Waals surface area contributed by atoms with Crippen LogP contribution in [0.15, 0.2) is 42.5 Å². The lowest BCUT2D eigenvalue weighted by Crippen LogP contribution is -2.35. The molecule has 0 spiro atoms. The highest BCUT2D eigenvalue weighted by atomic mass is 16.2. The van der Waals surface area contributed by atoms with Crippen LogP contribution in [0.3, 0.4) is 0 Å². The van der Waals surface area contributed by atoms with Crippen LogP contribution < -0.4 is 5.32 Å². The number of anilines is 1. The molecule has 0 aliphatic heterocycles. The number of urea groups is 1. The van der Waals surface area contributed by atoms with Gasteiger partial charge in [0.25, 0.3) is 0 Å². The lowest BCUT2D eigenvalue weighted by molar-refractivity contribution is 0.218. The number of nitrogens with one attached hydrogen (secondary N) is 1. The Hall–Kier alpha value is -2.47. The monoisotopic (exact) mass is 266 g/mol. The minimum absolute atomic E-state index is 0.152. The van der Waals surface area contributed by atoms with Crippen molar-refractivity contribution in [3.8, 4) is 12.3 Å². The largest absolute Gasteiger partial charge is 0.322 e. The number of terminal acetylenes is 1. The first-order valence-corrected chi connectivity index (χ1v) is 6.73. The minimum Gasteiger partial charge on any atom is -0.313 e. The average molecular weight is 266 g/mol. The first kappa shape index (κ1) is 14.0. The Balaban J connectivity index is 2.23. The van der Waals surface area contributed by atoms with E-state index >= 15 is 0 Å². The van der Waals surface area contributed by atoms with Gasteiger partial charge in [-0.25, -0.2) is 4.79 Å². The second-order valence-electron chi connectivity index (χ2n) is 4.58. The molecular weight excluding hydrogens is 248 g/mol. The Morgan fingerprint density at radius 1 is 1.25 bits per heavy atom. The van der Waals surface area contributed by atoms with Gasteiger partial charge in [-0.05, 0) is 17.9 Å². The quantitative estimate of drug-likeness (QED) is 0.840. The van der Waals surface area contributed by atoms with Crippen molar-refractivity contribution in [2.75, 3.05) is 18.4 Å². The fraction of sp³-hybridized carbons (Fsp3) is 0.235. The summed E-state index contributed by atoms with van der Waals surface area (Å²) in [5.74, 6) is 2.52. The molecule has 20 heavy (non-hydrogen) atoms. The van der Waals surface area contributed by atoms with Crippen molar-refractivity contribution in [3.05, 3.63) is 42.5 Å². The zero-order valence-electron chi connectivity index (χ0n) is 11.6. The van der Waals surface area contributed by atoms with Crippen molar-refractivity contribution in [1.29, 1.82) is 0 Å². The molecule has 1 N–H and O–H groups in total. The number of amides is 2. The fourth-order valence-electron chi connectivity index (χ4n) is 2.16. The van der Waals surface area contributed by atoms with E-state index in [2.05, 4.69) is 11.2 Å². The van der Waals surface area contributed by atoms with Crippen LogP contribution in [0.5, 0.6) is 0 Å². The van der Waals surface area contributed by atoms with Crippen LogP contribution >= 0.6 is 0 Å². The molecule has 0 unspecified atom stereocenters. The van der Waals surface area contributed by atoms with Gasteiger partial charge in [-0.1, -0.05) is 49.2 Å². The summed E-state index contributed by atoms with van der Waals surface area (Å²) in [6, 6.07) is 13.7. The topological polar surface area (TPSA) is 32.3 Å². The van der Waals surface area contributed by atoms with Crippen molar-refractivity contribution in [3.63, 3.8) is 0 Å². The van der Waals surface area contributed by atoms with E-state index in [0.717, 1.165) is 22.9 Å². The maximum atomic E-state index is 12.3. The van der Waals surface area contributed by atoms with E-state index in [9.17, 15) is 4.79 Å². The molecule has 0 atom stereocenters. The van der Waals surface area contributed by atoms with Crippen molar-refractivity contribution in [2.45, 2.75) is 13.3 Å². The highest BCUT2D eigenvalue weighted by molar-refractivity contribution is 6.01. The third-order valence-electron chi connectivity index (χ3n) is 3.09. The Morgan fingerprint density at radius 3 is 2.75 bits per heavy atom. The molecular formula is C17H18N2O. The van der Waals surface area contributed by atoms with Gasteiger partial charge in [0.2, 0.25) is 0 Å². The van der Waals surface area contributed by atoms with Gasteiger partial charge in [0.15, 0.2) is 0 Å². The highest BCUT2D eigenvalue weighted by Crippen LogP contribution is 2.23. The number of carbonyl (C=O) groups is 1. The van der Waals surface area contributed by atoms with Crippen LogP contribution in [0.25, 0.3) is 10.8 Å². The highest BCUT2D eigenvalue weighted by Gasteiger charge is 2.12. The molecule has 0 aliphatic rings. The van der Waals surface area contributed by atoms with Gasteiger partial charge in [-0.2, -0.15) is 0 Å². The summed E-state index contributed by atoms with van der Waals surface area (Å²) in [6.07, 6.45) is 6.19. The summed E-state index contributed by atoms with van der Waals surface area (Å²) in [7, 11) is 0. The Morgan fingerprint density at radius 2 is 2.00 bits per heavy atom. The molecule has 0 bridgehead atoms. The van der Waals surface area contributed by atoms with Gasteiger partial charge in [0, 0.05) is 11.9 Å². The molecule has 0 aromatic heterocycles. The van der Waals surface area contributed by atoms with Gasteiger partial charge in [0.1, 0.15) is 0 Å². The zero-order chi connectivity index (χ0) is 14.4. The van der Waals surface area contributed by atoms with Gasteiger partial charge < -0.3 is 10.2 Å². The maximum absolute atomic E-state index is 12.3. The van der Waals surface area contributed by atoms with Gasteiger partial charge >= 0.3 is 6.03 Å². The lowest BCUT2D eigenvalue weighted by Gasteiger charge is -2.20. The van der Waals surface area contributed by atoms with E-state index in [0.29, 0.717) is 13.1 Å². The molecule has 2 aromatic carbocycles. The zero-order valence-corrected chi connectivity index (χ0v) is 11.6. The molecule has 2 amide bonds. The first-order chi connectivity index (χ1) is 9.76. The van der Waals surface area contributed by atoms with Crippen LogP contribution in [0.1, 0.15) is 13.3 Å². The standard InChI is InChI=1S/C17H18N2O/c1-3-12-19(13-4-2)17(20)18-16-11-7-9-14-8-5-6-10-15(14)16/h1,5-11H,4,12-13H2,2H3,(H,18,20). The van der Waals surface area contributed by atoms with Gasteiger partial charge in [0.05, 0.1) is 12.2 Å². The fourth-order valence-corrected chi connectivity index (χ4v) is 2.16. The van der Waals surface area contributed by atoms with Gasteiger partial charge in [-0.15, -0.1) is 6.42 Å². The van der Waals surface area contributed by atoms with E-state index in [1.165, 1.54) is 0 Å². The number of rotatable bonds is 4. The van der Waals surface area contributed by atoms with Gasteiger partial charge in [-0.3, -0.25) is 0 Å². The lowest BCUT2D eigenvalue weighted by atomic mass is 10.1. The summed E-state index contributed by atoms with van der Waals surface area (Å²) < 4.78 is 0. The van der Waals surface area contributed by atoms with E-state index in [1.54, 1.807) is 4.90 Å². The first-order valence-electron chi connectivity index (χ1n) is 6.73. The second kappa shape index (κ2) is 6.63. The van der Waals surface area contributed by atoms with Crippen LogP contribution in [0, 0.1) is 12.3 Å². The third-order valence-corrected chi connectivity index (χ3v) is 3.09. The number of fused-ring (bicyclic) bond motifs is 1. The molecule has 0 fully saturated rings. The number of benzene rings is 2. The summed E-state index contributed by atoms with van der Waals surface area (Å²) >= 11 is 0. The van der Waals surface area contributed by atoms with Crippen LogP contribution in [-0.2, 0) is 0 Å². The smallest absolute Gasteiger partial charge is 0.313 e. The Labute approximate surface area is 119 Å². The molecule has 0 aliphatic carbocycles. The molecule has 2 rings (SSSR count). The van der Waals surface area contributed by atoms with Crippen molar-refractivity contribution in [2.24, 2.45) is 0 Å². The van der Waals surface area contributed by atoms with Crippen molar-refractivity contribution < 1.29 is 4.79 Å². The number of hydrogen-bond acceptors (Lipinski definition) is 1. The second-order valence-corrected chi connectivity index (χ2v) is 4.58. The summed E-state index contributed by atoms with van der Waals surface area (Å²) in [5.41, 5.74) is 0.811. The summed E-state index contributed by atoms with van der Waals surface area (Å²) in [5, 5.41) is 5.08. The molecule has 2 aromatic rings. The molecule has 102 valence electrons. The third kappa shape index (κ3) is 3.10. The summed E-state index contributed by atoms with van der Waals surface area (Å²) in [4.78, 5) is 13.9. The number of nitrogens with zero attached hydrogens (tertiary/aromatic N) is 1. The molecule has 3 nitrogen and oxygen atoms in total. The Bertz CT molecular complexity index is 637. The van der Waals surface area contributed by atoms with E-state index in [-0.39, 0.29) is 6.03 Å². The SMILES string of the molecule is C#CCN(CCC)C(=O)Nc1cccc2ccccc12. The molecule has 0 radical (unpaired) electrons. The summed E-state index contributed by atoms with van der Waals surface area (Å²) in [6.45, 7) is 3.00. The molecule has 3 heteroatoms. The van der Waals surface area contributed by atoms with Crippen molar-refractivity contribution >= 4 is 22.5 Å². The van der Waals surface area contributed by atoms with Crippen LogP contribution in [-0.4, -0.2) is 24.0 Å². The minimum atomic E-state index is -0.152. The van der Waals surface area contributed by atoms with Crippen LogP contribution in [0.2, 0.25) is 0 Å². The maximum Gasteiger partial charge on any atom is 0.322 e. The average Bonchev–Trinajstić information content (AvgIpc) is 2.47. The predicted molar refractivity (Wildman–Crippen MR) is 83.7 cm³/mol. The van der Waals surface area contributed by atoms with Crippen molar-refractivity contribution in [1.82, 2.24) is 4.90 Å². The van der Waals surface area contributed by atoms with E-state index < -0.39 is 0 Å². The molecule has 0 saturated carbocycles. The number of carbonyl (C=O) groups excluding carboxylic acids is 1. The van der Waals surface area contributed by atoms with E-state index in [4.69, 9.17) is 6.42 Å². The van der Waals surface area contributed by atoms with Crippen LogP contribution in [0.4, 0.5) is 10.5 Å². The Kier molecular flexibility index (Phi) is 4.62.